The average molecular weight is 542 g/mol. The number of aromatic nitrogens is 1. The molecule has 1 N–H and O–H groups in total. The third-order valence-electron chi connectivity index (χ3n) is 8.81. The second-order valence-corrected chi connectivity index (χ2v) is 11.5. The first-order chi connectivity index (χ1) is 20.6. The molecule has 0 aliphatic heterocycles. The molecule has 204 valence electrons. The molecule has 42 heavy (non-hydrogen) atoms. The third kappa shape index (κ3) is 4.08. The molecule has 7 aromatic rings. The summed E-state index contributed by atoms with van der Waals surface area (Å²) in [5.41, 5.74) is 15.2. The molecule has 1 aliphatic carbocycles. The standard InChI is InChI=1S/C39H29N.C2H6/c1-39(2)35-17-8-6-13-31(35)32-20-19-26(24-36(32)39)28-21-27(25-11-4-3-5-12-25)22-29(23-28)30-15-10-16-34-33-14-7-9-18-37(33)40-38(30)34;1-2/h3-24,40H,1-2H3;1-2H3. The van der Waals surface area contributed by atoms with Crippen LogP contribution in [0.2, 0.25) is 0 Å². The Kier molecular flexibility index (Phi) is 6.32. The summed E-state index contributed by atoms with van der Waals surface area (Å²) in [6.45, 7) is 8.70. The Morgan fingerprint density at radius 3 is 1.88 bits per heavy atom. The van der Waals surface area contributed by atoms with Crippen LogP contribution in [-0.4, -0.2) is 4.98 Å². The van der Waals surface area contributed by atoms with Crippen molar-refractivity contribution in [3.63, 3.8) is 0 Å². The summed E-state index contributed by atoms with van der Waals surface area (Å²) in [6, 6.07) is 48.9. The number of aromatic amines is 1. The maximum absolute atomic E-state index is 3.72. The van der Waals surface area contributed by atoms with Crippen LogP contribution in [-0.2, 0) is 5.41 Å². The smallest absolute Gasteiger partial charge is 0.0544 e. The van der Waals surface area contributed by atoms with Crippen molar-refractivity contribution in [2.24, 2.45) is 0 Å². The van der Waals surface area contributed by atoms with Gasteiger partial charge in [0, 0.05) is 27.3 Å². The molecule has 0 radical (unpaired) electrons. The SMILES string of the molecule is CC.CC1(C)c2ccccc2-c2ccc(-c3cc(-c4ccccc4)cc(-c4cccc5c4[nH]c4ccccc45)c3)cc21. The van der Waals surface area contributed by atoms with Gasteiger partial charge in [-0.3, -0.25) is 0 Å². The first-order valence-electron chi connectivity index (χ1n) is 15.0. The monoisotopic (exact) mass is 541 g/mol. The van der Waals surface area contributed by atoms with Crippen molar-refractivity contribution in [3.05, 3.63) is 145 Å². The number of hydrogen-bond acceptors (Lipinski definition) is 0. The lowest BCUT2D eigenvalue weighted by atomic mass is 9.81. The van der Waals surface area contributed by atoms with E-state index in [-0.39, 0.29) is 5.41 Å². The van der Waals surface area contributed by atoms with Gasteiger partial charge < -0.3 is 4.98 Å². The zero-order valence-electron chi connectivity index (χ0n) is 24.7. The van der Waals surface area contributed by atoms with Crippen molar-refractivity contribution in [1.82, 2.24) is 4.98 Å². The molecule has 0 unspecified atom stereocenters. The molecule has 1 aliphatic rings. The number of H-pyrrole nitrogens is 1. The first kappa shape index (κ1) is 26.0. The molecule has 1 heterocycles. The molecule has 6 aromatic carbocycles. The minimum atomic E-state index is -0.0300. The minimum absolute atomic E-state index is 0.0300. The second-order valence-electron chi connectivity index (χ2n) is 11.5. The summed E-state index contributed by atoms with van der Waals surface area (Å²) in [5.74, 6) is 0. The summed E-state index contributed by atoms with van der Waals surface area (Å²) in [5, 5.41) is 2.52. The van der Waals surface area contributed by atoms with Crippen molar-refractivity contribution in [2.75, 3.05) is 0 Å². The molecule has 8 rings (SSSR count). The van der Waals surface area contributed by atoms with Gasteiger partial charge in [-0.1, -0.05) is 131 Å². The number of rotatable bonds is 3. The normalized spacial score (nSPS) is 13.0. The van der Waals surface area contributed by atoms with Gasteiger partial charge in [-0.2, -0.15) is 0 Å². The van der Waals surface area contributed by atoms with Crippen LogP contribution >= 0.6 is 0 Å². The molecule has 0 saturated heterocycles. The minimum Gasteiger partial charge on any atom is -0.354 e. The van der Waals surface area contributed by atoms with E-state index in [9.17, 15) is 0 Å². The highest BCUT2D eigenvalue weighted by molar-refractivity contribution is 6.12. The maximum Gasteiger partial charge on any atom is 0.0544 e. The Hall–Kier alpha value is -4.88. The van der Waals surface area contributed by atoms with Crippen molar-refractivity contribution in [3.8, 4) is 44.5 Å². The van der Waals surface area contributed by atoms with Gasteiger partial charge in [0.2, 0.25) is 0 Å². The third-order valence-corrected chi connectivity index (χ3v) is 8.81. The summed E-state index contributed by atoms with van der Waals surface area (Å²) in [6.07, 6.45) is 0. The van der Waals surface area contributed by atoms with E-state index in [1.807, 2.05) is 13.8 Å². The molecule has 0 bridgehead atoms. The van der Waals surface area contributed by atoms with Crippen LogP contribution in [0.15, 0.2) is 133 Å². The van der Waals surface area contributed by atoms with E-state index < -0.39 is 0 Å². The number of para-hydroxylation sites is 2. The van der Waals surface area contributed by atoms with Crippen LogP contribution in [0.25, 0.3) is 66.3 Å². The number of hydrogen-bond donors (Lipinski definition) is 1. The molecule has 0 spiro atoms. The molecule has 1 aromatic heterocycles. The maximum atomic E-state index is 3.72. The fraction of sp³-hybridized carbons (Fsp3) is 0.122. The second kappa shape index (κ2) is 10.2. The lowest BCUT2D eigenvalue weighted by Crippen LogP contribution is -2.14. The van der Waals surface area contributed by atoms with E-state index >= 15 is 0 Å². The lowest BCUT2D eigenvalue weighted by Gasteiger charge is -2.22. The zero-order chi connectivity index (χ0) is 28.8. The molecule has 1 nitrogen and oxygen atoms in total. The molecule has 0 saturated carbocycles. The van der Waals surface area contributed by atoms with E-state index in [1.54, 1.807) is 0 Å². The van der Waals surface area contributed by atoms with Gasteiger partial charge in [0.05, 0.1) is 5.52 Å². The highest BCUT2D eigenvalue weighted by atomic mass is 14.7. The van der Waals surface area contributed by atoms with E-state index in [2.05, 4.69) is 152 Å². The van der Waals surface area contributed by atoms with Crippen molar-refractivity contribution < 1.29 is 0 Å². The predicted molar refractivity (Wildman–Crippen MR) is 181 cm³/mol. The van der Waals surface area contributed by atoms with Crippen molar-refractivity contribution in [1.29, 1.82) is 0 Å². The van der Waals surface area contributed by atoms with Crippen molar-refractivity contribution in [2.45, 2.75) is 33.1 Å². The molecular weight excluding hydrogens is 506 g/mol. The van der Waals surface area contributed by atoms with Crippen LogP contribution < -0.4 is 0 Å². The Balaban J connectivity index is 0.00000141. The molecule has 1 heteroatoms. The van der Waals surface area contributed by atoms with Crippen LogP contribution in [0.4, 0.5) is 0 Å². The van der Waals surface area contributed by atoms with Crippen molar-refractivity contribution >= 4 is 21.8 Å². The molecule has 0 fully saturated rings. The fourth-order valence-electron chi connectivity index (χ4n) is 6.74. The number of benzene rings is 6. The summed E-state index contributed by atoms with van der Waals surface area (Å²) >= 11 is 0. The summed E-state index contributed by atoms with van der Waals surface area (Å²) < 4.78 is 0. The van der Waals surface area contributed by atoms with Crippen LogP contribution in [0, 0.1) is 0 Å². The van der Waals surface area contributed by atoms with Gasteiger partial charge in [-0.15, -0.1) is 0 Å². The van der Waals surface area contributed by atoms with E-state index in [0.29, 0.717) is 0 Å². The van der Waals surface area contributed by atoms with Gasteiger partial charge in [-0.25, -0.2) is 0 Å². The summed E-state index contributed by atoms with van der Waals surface area (Å²) in [7, 11) is 0. The summed E-state index contributed by atoms with van der Waals surface area (Å²) in [4.78, 5) is 3.72. The zero-order valence-corrected chi connectivity index (χ0v) is 24.7. The Labute approximate surface area is 248 Å². The molecule has 0 atom stereocenters. The topological polar surface area (TPSA) is 15.8 Å². The quantitative estimate of drug-likeness (QED) is 0.229. The molecule has 0 amide bonds. The first-order valence-corrected chi connectivity index (χ1v) is 15.0. The van der Waals surface area contributed by atoms with E-state index in [4.69, 9.17) is 0 Å². The van der Waals surface area contributed by atoms with Crippen LogP contribution in [0.3, 0.4) is 0 Å². The van der Waals surface area contributed by atoms with Crippen LogP contribution in [0.1, 0.15) is 38.8 Å². The Morgan fingerprint density at radius 1 is 0.429 bits per heavy atom. The van der Waals surface area contributed by atoms with Gasteiger partial charge in [-0.05, 0) is 80.4 Å². The average Bonchev–Trinajstić information content (AvgIpc) is 3.54. The number of nitrogens with one attached hydrogen (secondary N) is 1. The van der Waals surface area contributed by atoms with Gasteiger partial charge in [0.1, 0.15) is 0 Å². The number of fused-ring (bicyclic) bond motifs is 6. The van der Waals surface area contributed by atoms with Gasteiger partial charge in [0.15, 0.2) is 0 Å². The van der Waals surface area contributed by atoms with Crippen LogP contribution in [0.5, 0.6) is 0 Å². The van der Waals surface area contributed by atoms with E-state index in [0.717, 1.165) is 0 Å². The van der Waals surface area contributed by atoms with Gasteiger partial charge >= 0.3 is 0 Å². The predicted octanol–water partition coefficient (Wildman–Crippen LogP) is 11.7. The highest BCUT2D eigenvalue weighted by Gasteiger charge is 2.35. The Bertz CT molecular complexity index is 2070. The fourth-order valence-corrected chi connectivity index (χ4v) is 6.74. The Morgan fingerprint density at radius 2 is 1.05 bits per heavy atom. The lowest BCUT2D eigenvalue weighted by molar-refractivity contribution is 0.660. The largest absolute Gasteiger partial charge is 0.354 e. The molecular formula is C41H35N. The van der Waals surface area contributed by atoms with Gasteiger partial charge in [0.25, 0.3) is 0 Å². The van der Waals surface area contributed by atoms with E-state index in [1.165, 1.54) is 77.4 Å². The highest BCUT2D eigenvalue weighted by Crippen LogP contribution is 2.49.